The van der Waals surface area contributed by atoms with Gasteiger partial charge in [0.2, 0.25) is 0 Å². The number of rotatable bonds is 3. The largest absolute Gasteiger partial charge is 0.393 e. The van der Waals surface area contributed by atoms with Crippen molar-refractivity contribution in [2.45, 2.75) is 62.9 Å². The minimum absolute atomic E-state index is 0.113. The van der Waals surface area contributed by atoms with Gasteiger partial charge in [-0.1, -0.05) is 0 Å². The van der Waals surface area contributed by atoms with Crippen LogP contribution in [0.3, 0.4) is 0 Å². The second-order valence-corrected chi connectivity index (χ2v) is 7.79. The minimum Gasteiger partial charge on any atom is -0.393 e. The van der Waals surface area contributed by atoms with E-state index in [1.54, 1.807) is 11.3 Å². The van der Waals surface area contributed by atoms with Crippen molar-refractivity contribution in [2.24, 2.45) is 5.73 Å². The summed E-state index contributed by atoms with van der Waals surface area (Å²) >= 11 is 5.32. The number of hydrogen-bond donors (Lipinski definition) is 2. The van der Waals surface area contributed by atoms with Gasteiger partial charge in [0.05, 0.1) is 12.1 Å². The molecule has 1 aromatic rings. The highest BCUT2D eigenvalue weighted by atomic mass is 79.9. The molecule has 0 spiro atoms. The van der Waals surface area contributed by atoms with Crippen LogP contribution in [0.5, 0.6) is 0 Å². The van der Waals surface area contributed by atoms with E-state index in [1.807, 2.05) is 0 Å². The Morgan fingerprint density at radius 2 is 2.05 bits per heavy atom. The van der Waals surface area contributed by atoms with Crippen molar-refractivity contribution < 1.29 is 5.11 Å². The van der Waals surface area contributed by atoms with Crippen molar-refractivity contribution in [3.8, 4) is 0 Å². The molecule has 2 saturated heterocycles. The van der Waals surface area contributed by atoms with Gasteiger partial charge < -0.3 is 10.8 Å². The van der Waals surface area contributed by atoms with Gasteiger partial charge >= 0.3 is 0 Å². The molecule has 0 aliphatic carbocycles. The van der Waals surface area contributed by atoms with Gasteiger partial charge in [0.25, 0.3) is 0 Å². The predicted molar refractivity (Wildman–Crippen MR) is 82.3 cm³/mol. The van der Waals surface area contributed by atoms with Crippen LogP contribution in [0.4, 0.5) is 0 Å². The number of nitrogens with two attached hydrogens (primary N) is 1. The minimum atomic E-state index is -0.113. The number of thiophene rings is 1. The smallest absolute Gasteiger partial charge is 0.0596 e. The van der Waals surface area contributed by atoms with Gasteiger partial charge in [-0.15, -0.1) is 11.3 Å². The summed E-state index contributed by atoms with van der Waals surface area (Å²) in [7, 11) is 0. The maximum absolute atomic E-state index is 9.94. The fourth-order valence-electron chi connectivity index (χ4n) is 3.80. The summed E-state index contributed by atoms with van der Waals surface area (Å²) in [5.74, 6) is 0. The summed E-state index contributed by atoms with van der Waals surface area (Å²) in [6.45, 7) is 2.10. The molecular formula is C14H21BrN2OS. The number of fused-ring (bicyclic) bond motifs is 2. The van der Waals surface area contributed by atoms with Gasteiger partial charge in [0.1, 0.15) is 0 Å². The van der Waals surface area contributed by atoms with Crippen LogP contribution in [0.2, 0.25) is 0 Å². The Balaban J connectivity index is 1.89. The van der Waals surface area contributed by atoms with E-state index >= 15 is 0 Å². The van der Waals surface area contributed by atoms with Gasteiger partial charge in [0, 0.05) is 32.9 Å². The van der Waals surface area contributed by atoms with E-state index < -0.39 is 0 Å². The molecule has 3 rings (SSSR count). The molecule has 5 heteroatoms. The molecule has 3 heterocycles. The van der Waals surface area contributed by atoms with Crippen molar-refractivity contribution in [1.29, 1.82) is 0 Å². The first kappa shape index (κ1) is 14.0. The number of piperidine rings is 1. The summed E-state index contributed by atoms with van der Waals surface area (Å²) in [5, 5.41) is 12.1. The molecule has 4 atom stereocenters. The molecule has 2 aliphatic rings. The summed E-state index contributed by atoms with van der Waals surface area (Å²) in [6.07, 6.45) is 4.12. The Bertz CT molecular complexity index is 436. The van der Waals surface area contributed by atoms with E-state index in [0.717, 1.165) is 17.3 Å². The zero-order chi connectivity index (χ0) is 13.6. The standard InChI is InChI=1S/C14H21BrN2OS/c1-8(16)14(13-4-9(15)7-19-13)17-10-2-3-11(17)6-12(18)5-10/h4,7-8,10-12,14,18H,2-3,5-6,16H2,1H3. The highest BCUT2D eigenvalue weighted by Crippen LogP contribution is 2.44. The Labute approximate surface area is 126 Å². The van der Waals surface area contributed by atoms with Gasteiger partial charge in [-0.05, 0) is 54.6 Å². The zero-order valence-electron chi connectivity index (χ0n) is 11.1. The van der Waals surface area contributed by atoms with E-state index in [4.69, 9.17) is 5.73 Å². The van der Waals surface area contributed by atoms with E-state index in [0.29, 0.717) is 18.1 Å². The maximum atomic E-state index is 9.94. The molecule has 2 bridgehead atoms. The predicted octanol–water partition coefficient (Wildman–Crippen LogP) is 2.89. The average molecular weight is 345 g/mol. The molecule has 106 valence electrons. The number of aliphatic hydroxyl groups excluding tert-OH is 1. The number of hydrogen-bond acceptors (Lipinski definition) is 4. The molecule has 1 aromatic heterocycles. The normalized spacial score (nSPS) is 34.4. The molecule has 0 radical (unpaired) electrons. The number of aliphatic hydroxyl groups is 1. The second kappa shape index (κ2) is 5.45. The Kier molecular flexibility index (Phi) is 4.02. The number of nitrogens with zero attached hydrogens (tertiary/aromatic N) is 1. The van der Waals surface area contributed by atoms with Crippen LogP contribution in [-0.2, 0) is 0 Å². The topological polar surface area (TPSA) is 49.5 Å². The van der Waals surface area contributed by atoms with Gasteiger partial charge in [0.15, 0.2) is 0 Å². The van der Waals surface area contributed by atoms with Crippen LogP contribution in [-0.4, -0.2) is 34.2 Å². The van der Waals surface area contributed by atoms with Gasteiger partial charge in [-0.2, -0.15) is 0 Å². The van der Waals surface area contributed by atoms with E-state index in [9.17, 15) is 5.11 Å². The average Bonchev–Trinajstić information content (AvgIpc) is 2.84. The van der Waals surface area contributed by atoms with Crippen LogP contribution in [0.25, 0.3) is 0 Å². The molecule has 19 heavy (non-hydrogen) atoms. The summed E-state index contributed by atoms with van der Waals surface area (Å²) in [4.78, 5) is 3.94. The Morgan fingerprint density at radius 3 is 2.53 bits per heavy atom. The van der Waals surface area contributed by atoms with Crippen molar-refractivity contribution >= 4 is 27.3 Å². The molecule has 3 N–H and O–H groups in total. The highest BCUT2D eigenvalue weighted by molar-refractivity contribution is 9.10. The number of halogens is 1. The molecular weight excluding hydrogens is 324 g/mol. The molecule has 2 aliphatic heterocycles. The molecule has 0 aromatic carbocycles. The van der Waals surface area contributed by atoms with Crippen LogP contribution >= 0.6 is 27.3 Å². The monoisotopic (exact) mass is 344 g/mol. The summed E-state index contributed by atoms with van der Waals surface area (Å²) in [6, 6.07) is 3.62. The van der Waals surface area contributed by atoms with Crippen LogP contribution in [0, 0.1) is 0 Å². The van der Waals surface area contributed by atoms with Crippen molar-refractivity contribution in [1.82, 2.24) is 4.90 Å². The van der Waals surface area contributed by atoms with E-state index in [-0.39, 0.29) is 12.1 Å². The lowest BCUT2D eigenvalue weighted by atomic mass is 9.95. The SMILES string of the molecule is CC(N)C(c1cc(Br)cs1)N1C2CCC1CC(O)C2. The first-order chi connectivity index (χ1) is 9.06. The lowest BCUT2D eigenvalue weighted by molar-refractivity contribution is 0.00505. The Morgan fingerprint density at radius 1 is 1.42 bits per heavy atom. The Hall–Kier alpha value is 0.0600. The molecule has 4 unspecified atom stereocenters. The van der Waals surface area contributed by atoms with E-state index in [1.165, 1.54) is 17.7 Å². The first-order valence-electron chi connectivity index (χ1n) is 7.01. The van der Waals surface area contributed by atoms with Crippen molar-refractivity contribution in [2.75, 3.05) is 0 Å². The third-order valence-corrected chi connectivity index (χ3v) is 6.23. The molecule has 0 amide bonds. The second-order valence-electron chi connectivity index (χ2n) is 5.93. The van der Waals surface area contributed by atoms with E-state index in [2.05, 4.69) is 39.2 Å². The van der Waals surface area contributed by atoms with Crippen LogP contribution in [0.1, 0.15) is 43.5 Å². The third kappa shape index (κ3) is 2.63. The zero-order valence-corrected chi connectivity index (χ0v) is 13.5. The third-order valence-electron chi connectivity index (χ3n) is 4.46. The fraction of sp³-hybridized carbons (Fsp3) is 0.714. The molecule has 2 fully saturated rings. The maximum Gasteiger partial charge on any atom is 0.0596 e. The quantitative estimate of drug-likeness (QED) is 0.886. The van der Waals surface area contributed by atoms with Crippen LogP contribution in [0.15, 0.2) is 15.9 Å². The molecule has 0 saturated carbocycles. The van der Waals surface area contributed by atoms with Crippen molar-refractivity contribution in [3.05, 3.63) is 20.8 Å². The summed E-state index contributed by atoms with van der Waals surface area (Å²) < 4.78 is 1.14. The van der Waals surface area contributed by atoms with Crippen LogP contribution < -0.4 is 5.73 Å². The lowest BCUT2D eigenvalue weighted by Gasteiger charge is -2.43. The first-order valence-corrected chi connectivity index (χ1v) is 8.68. The highest BCUT2D eigenvalue weighted by Gasteiger charge is 2.45. The lowest BCUT2D eigenvalue weighted by Crippen LogP contribution is -2.50. The van der Waals surface area contributed by atoms with Crippen molar-refractivity contribution in [3.63, 3.8) is 0 Å². The molecule has 3 nitrogen and oxygen atoms in total. The fourth-order valence-corrected chi connectivity index (χ4v) is 5.47. The van der Waals surface area contributed by atoms with Gasteiger partial charge in [-0.25, -0.2) is 0 Å². The van der Waals surface area contributed by atoms with Gasteiger partial charge in [-0.3, -0.25) is 4.90 Å². The summed E-state index contributed by atoms with van der Waals surface area (Å²) in [5.41, 5.74) is 6.28.